The van der Waals surface area contributed by atoms with E-state index < -0.39 is 0 Å². The van der Waals surface area contributed by atoms with Crippen molar-refractivity contribution in [3.8, 4) is 5.75 Å². The maximum atomic E-state index is 12.3. The van der Waals surface area contributed by atoms with Crippen molar-refractivity contribution in [3.05, 3.63) is 24.3 Å². The summed E-state index contributed by atoms with van der Waals surface area (Å²) in [7, 11) is 1.64. The predicted octanol–water partition coefficient (Wildman–Crippen LogP) is 3.62. The molecule has 116 valence electrons. The molecule has 4 nitrogen and oxygen atoms in total. The molecule has 1 saturated carbocycles. The van der Waals surface area contributed by atoms with E-state index in [1.54, 1.807) is 7.11 Å². The molecule has 21 heavy (non-hydrogen) atoms. The van der Waals surface area contributed by atoms with Gasteiger partial charge in [0.1, 0.15) is 11.8 Å². The van der Waals surface area contributed by atoms with Crippen LogP contribution in [0.15, 0.2) is 24.3 Å². The number of carbonyl (C=O) groups excluding carboxylic acids is 1. The number of ether oxygens (including phenoxy) is 2. The quantitative estimate of drug-likeness (QED) is 0.813. The van der Waals surface area contributed by atoms with Crippen molar-refractivity contribution < 1.29 is 14.3 Å². The molecule has 1 unspecified atom stereocenters. The third kappa shape index (κ3) is 4.38. The van der Waals surface area contributed by atoms with Crippen LogP contribution >= 0.6 is 0 Å². The highest BCUT2D eigenvalue weighted by atomic mass is 16.5. The van der Waals surface area contributed by atoms with E-state index in [-0.39, 0.29) is 12.0 Å². The average Bonchev–Trinajstić information content (AvgIpc) is 2.54. The second kappa shape index (κ2) is 7.91. The number of esters is 1. The molecule has 1 fully saturated rings. The lowest BCUT2D eigenvalue weighted by Gasteiger charge is -2.30. The van der Waals surface area contributed by atoms with E-state index in [1.165, 1.54) is 19.3 Å². The number of rotatable bonds is 6. The molecule has 0 saturated heterocycles. The summed E-state index contributed by atoms with van der Waals surface area (Å²) >= 11 is 0. The van der Waals surface area contributed by atoms with Crippen LogP contribution in [0.5, 0.6) is 5.75 Å². The van der Waals surface area contributed by atoms with Gasteiger partial charge >= 0.3 is 5.97 Å². The fourth-order valence-electron chi connectivity index (χ4n) is 2.96. The van der Waals surface area contributed by atoms with E-state index >= 15 is 0 Å². The van der Waals surface area contributed by atoms with Crippen LogP contribution in [0.25, 0.3) is 0 Å². The molecule has 0 aromatic heterocycles. The third-order valence-electron chi connectivity index (χ3n) is 4.05. The Hall–Kier alpha value is -1.71. The van der Waals surface area contributed by atoms with Crippen LogP contribution in [0.4, 0.5) is 5.69 Å². The number of nitrogens with one attached hydrogen (secondary N) is 1. The fourth-order valence-corrected chi connectivity index (χ4v) is 2.96. The van der Waals surface area contributed by atoms with Crippen LogP contribution in [-0.4, -0.2) is 25.7 Å². The van der Waals surface area contributed by atoms with Gasteiger partial charge in [0, 0.05) is 11.8 Å². The molecule has 0 aliphatic heterocycles. The molecule has 0 heterocycles. The zero-order valence-corrected chi connectivity index (χ0v) is 12.9. The molecular weight excluding hydrogens is 266 g/mol. The SMILES string of the molecule is CCOC(=O)C(Nc1cccc(OC)c1)C1CCCCC1. The Labute approximate surface area is 126 Å². The predicted molar refractivity (Wildman–Crippen MR) is 83.6 cm³/mol. The molecule has 4 heteroatoms. The van der Waals surface area contributed by atoms with E-state index in [2.05, 4.69) is 5.32 Å². The van der Waals surface area contributed by atoms with Gasteiger partial charge in [-0.3, -0.25) is 0 Å². The van der Waals surface area contributed by atoms with Crippen LogP contribution in [0.1, 0.15) is 39.0 Å². The van der Waals surface area contributed by atoms with Crippen molar-refractivity contribution in [1.29, 1.82) is 0 Å². The highest BCUT2D eigenvalue weighted by Gasteiger charge is 2.30. The number of hydrogen-bond donors (Lipinski definition) is 1. The van der Waals surface area contributed by atoms with Crippen molar-refractivity contribution in [2.24, 2.45) is 5.92 Å². The van der Waals surface area contributed by atoms with Gasteiger partial charge in [-0.25, -0.2) is 4.79 Å². The molecule has 0 bridgehead atoms. The van der Waals surface area contributed by atoms with E-state index in [0.717, 1.165) is 24.3 Å². The second-order valence-corrected chi connectivity index (χ2v) is 5.50. The molecule has 1 aromatic carbocycles. The number of anilines is 1. The summed E-state index contributed by atoms with van der Waals surface area (Å²) in [5, 5.41) is 3.35. The molecule has 1 atom stereocenters. The van der Waals surface area contributed by atoms with Gasteiger partial charge < -0.3 is 14.8 Å². The first-order chi connectivity index (χ1) is 10.2. The first-order valence-corrected chi connectivity index (χ1v) is 7.81. The number of hydrogen-bond acceptors (Lipinski definition) is 4. The van der Waals surface area contributed by atoms with Gasteiger partial charge in [-0.2, -0.15) is 0 Å². The topological polar surface area (TPSA) is 47.6 Å². The minimum absolute atomic E-state index is 0.146. The van der Waals surface area contributed by atoms with Gasteiger partial charge in [-0.15, -0.1) is 0 Å². The molecule has 0 spiro atoms. The third-order valence-corrected chi connectivity index (χ3v) is 4.05. The van der Waals surface area contributed by atoms with Crippen molar-refractivity contribution in [1.82, 2.24) is 0 Å². The van der Waals surface area contributed by atoms with Gasteiger partial charge in [-0.1, -0.05) is 25.3 Å². The lowest BCUT2D eigenvalue weighted by Crippen LogP contribution is -2.39. The maximum absolute atomic E-state index is 12.3. The second-order valence-electron chi connectivity index (χ2n) is 5.50. The van der Waals surface area contributed by atoms with E-state index in [0.29, 0.717) is 12.5 Å². The highest BCUT2D eigenvalue weighted by molar-refractivity contribution is 5.79. The van der Waals surface area contributed by atoms with Gasteiger partial charge in [-0.05, 0) is 37.8 Å². The average molecular weight is 291 g/mol. The molecule has 1 N–H and O–H groups in total. The smallest absolute Gasteiger partial charge is 0.328 e. The van der Waals surface area contributed by atoms with Gasteiger partial charge in [0.15, 0.2) is 0 Å². The minimum Gasteiger partial charge on any atom is -0.497 e. The van der Waals surface area contributed by atoms with Crippen molar-refractivity contribution in [2.45, 2.75) is 45.1 Å². The Bertz CT molecular complexity index is 455. The van der Waals surface area contributed by atoms with Crippen molar-refractivity contribution in [2.75, 3.05) is 19.0 Å². The summed E-state index contributed by atoms with van der Waals surface area (Å²) in [6.07, 6.45) is 5.83. The van der Waals surface area contributed by atoms with Crippen LogP contribution in [0.3, 0.4) is 0 Å². The summed E-state index contributed by atoms with van der Waals surface area (Å²) in [5.74, 6) is 0.988. The standard InChI is InChI=1S/C17H25NO3/c1-3-21-17(19)16(13-8-5-4-6-9-13)18-14-10-7-11-15(12-14)20-2/h7,10-13,16,18H,3-6,8-9H2,1-2H3. The monoisotopic (exact) mass is 291 g/mol. The highest BCUT2D eigenvalue weighted by Crippen LogP contribution is 2.29. The minimum atomic E-state index is -0.266. The molecule has 1 aromatic rings. The van der Waals surface area contributed by atoms with E-state index in [1.807, 2.05) is 31.2 Å². The molecular formula is C17H25NO3. The summed E-state index contributed by atoms with van der Waals surface area (Å²) < 4.78 is 10.5. The molecule has 0 radical (unpaired) electrons. The van der Waals surface area contributed by atoms with E-state index in [9.17, 15) is 4.79 Å². The van der Waals surface area contributed by atoms with Crippen LogP contribution in [0.2, 0.25) is 0 Å². The molecule has 1 aliphatic carbocycles. The zero-order valence-electron chi connectivity index (χ0n) is 12.9. The maximum Gasteiger partial charge on any atom is 0.328 e. The summed E-state index contributed by atoms with van der Waals surface area (Å²) in [6.45, 7) is 2.27. The van der Waals surface area contributed by atoms with Crippen LogP contribution in [-0.2, 0) is 9.53 Å². The van der Waals surface area contributed by atoms with E-state index in [4.69, 9.17) is 9.47 Å². The summed E-state index contributed by atoms with van der Waals surface area (Å²) in [6, 6.07) is 7.42. The summed E-state index contributed by atoms with van der Waals surface area (Å²) in [4.78, 5) is 12.3. The lowest BCUT2D eigenvalue weighted by atomic mass is 9.83. The number of methoxy groups -OCH3 is 1. The Morgan fingerprint density at radius 1 is 1.33 bits per heavy atom. The number of benzene rings is 1. The Kier molecular flexibility index (Phi) is 5.90. The van der Waals surface area contributed by atoms with Crippen LogP contribution < -0.4 is 10.1 Å². The van der Waals surface area contributed by atoms with Gasteiger partial charge in [0.05, 0.1) is 13.7 Å². The first kappa shape index (κ1) is 15.7. The summed E-state index contributed by atoms with van der Waals surface area (Å²) in [5.41, 5.74) is 0.901. The Morgan fingerprint density at radius 2 is 2.10 bits per heavy atom. The van der Waals surface area contributed by atoms with Crippen molar-refractivity contribution >= 4 is 11.7 Å². The fraction of sp³-hybridized carbons (Fsp3) is 0.588. The number of carbonyl (C=O) groups is 1. The van der Waals surface area contributed by atoms with Gasteiger partial charge in [0.2, 0.25) is 0 Å². The molecule has 0 amide bonds. The lowest BCUT2D eigenvalue weighted by molar-refractivity contribution is -0.145. The normalized spacial score (nSPS) is 17.0. The largest absolute Gasteiger partial charge is 0.497 e. The Morgan fingerprint density at radius 3 is 2.76 bits per heavy atom. The van der Waals surface area contributed by atoms with Crippen LogP contribution in [0, 0.1) is 5.92 Å². The Balaban J connectivity index is 2.11. The molecule has 2 rings (SSSR count). The first-order valence-electron chi connectivity index (χ1n) is 7.81. The zero-order chi connectivity index (χ0) is 15.1. The molecule has 1 aliphatic rings. The van der Waals surface area contributed by atoms with Gasteiger partial charge in [0.25, 0.3) is 0 Å². The van der Waals surface area contributed by atoms with Crippen molar-refractivity contribution in [3.63, 3.8) is 0 Å².